The van der Waals surface area contributed by atoms with E-state index in [0.717, 1.165) is 26.6 Å². The van der Waals surface area contributed by atoms with Crippen molar-refractivity contribution < 1.29 is 0 Å². The van der Waals surface area contributed by atoms with Gasteiger partial charge in [-0.3, -0.25) is 4.98 Å². The molecule has 0 aliphatic heterocycles. The van der Waals surface area contributed by atoms with Gasteiger partial charge in [-0.05, 0) is 36.4 Å². The fourth-order valence-electron chi connectivity index (χ4n) is 1.67. The number of pyridine rings is 1. The lowest BCUT2D eigenvalue weighted by Crippen LogP contribution is -1.89. The average Bonchev–Trinajstić information content (AvgIpc) is 2.39. The molecule has 0 amide bonds. The summed E-state index contributed by atoms with van der Waals surface area (Å²) < 4.78 is 1.04. The first-order valence-electron chi connectivity index (χ1n) is 5.16. The quantitative estimate of drug-likeness (QED) is 0.687. The molecule has 0 fully saturated rings. The topological polar surface area (TPSA) is 38.7 Å². The van der Waals surface area contributed by atoms with Gasteiger partial charge in [0.2, 0.25) is 0 Å². The number of rotatable bonds is 1. The number of benzene rings is 1. The van der Waals surface area contributed by atoms with Crippen LogP contribution in [0.3, 0.4) is 0 Å². The molecule has 4 heteroatoms. The van der Waals surface area contributed by atoms with Crippen molar-refractivity contribution in [2.24, 2.45) is 0 Å². The van der Waals surface area contributed by atoms with Crippen LogP contribution in [0.2, 0.25) is 0 Å². The SMILES string of the molecule is Brc1ccc2nnc(-c3cccnc3)cc2c1. The molecular formula is C13H8BrN3. The Kier molecular flexibility index (Phi) is 2.57. The predicted octanol–water partition coefficient (Wildman–Crippen LogP) is 3.45. The average molecular weight is 286 g/mol. The Bertz CT molecular complexity index is 668. The van der Waals surface area contributed by atoms with E-state index in [4.69, 9.17) is 0 Å². The highest BCUT2D eigenvalue weighted by molar-refractivity contribution is 9.10. The summed E-state index contributed by atoms with van der Waals surface area (Å²) in [5.41, 5.74) is 2.70. The zero-order valence-electron chi connectivity index (χ0n) is 8.84. The molecule has 17 heavy (non-hydrogen) atoms. The Morgan fingerprint density at radius 1 is 1.00 bits per heavy atom. The van der Waals surface area contributed by atoms with Crippen molar-refractivity contribution in [1.29, 1.82) is 0 Å². The second-order valence-corrected chi connectivity index (χ2v) is 4.59. The maximum atomic E-state index is 4.20. The molecule has 3 rings (SSSR count). The van der Waals surface area contributed by atoms with Crippen molar-refractivity contribution in [3.8, 4) is 11.3 Å². The minimum absolute atomic E-state index is 0.837. The molecule has 0 radical (unpaired) electrons. The van der Waals surface area contributed by atoms with E-state index in [0.29, 0.717) is 0 Å². The summed E-state index contributed by atoms with van der Waals surface area (Å²) in [5.74, 6) is 0. The van der Waals surface area contributed by atoms with Gasteiger partial charge in [-0.25, -0.2) is 0 Å². The molecule has 82 valence electrons. The second-order valence-electron chi connectivity index (χ2n) is 3.67. The monoisotopic (exact) mass is 285 g/mol. The molecule has 3 nitrogen and oxygen atoms in total. The molecule has 0 aliphatic rings. The summed E-state index contributed by atoms with van der Waals surface area (Å²) in [6, 6.07) is 11.8. The van der Waals surface area contributed by atoms with E-state index >= 15 is 0 Å². The van der Waals surface area contributed by atoms with Gasteiger partial charge < -0.3 is 0 Å². The van der Waals surface area contributed by atoms with Crippen LogP contribution in [0.1, 0.15) is 0 Å². The number of hydrogen-bond donors (Lipinski definition) is 0. The summed E-state index contributed by atoms with van der Waals surface area (Å²) in [5, 5.41) is 9.46. The van der Waals surface area contributed by atoms with Gasteiger partial charge in [0.1, 0.15) is 0 Å². The highest BCUT2D eigenvalue weighted by Gasteiger charge is 2.02. The molecule has 0 saturated carbocycles. The summed E-state index contributed by atoms with van der Waals surface area (Å²) in [6.07, 6.45) is 3.53. The molecular weight excluding hydrogens is 278 g/mol. The molecule has 3 aromatic rings. The number of fused-ring (bicyclic) bond motifs is 1. The first kappa shape index (κ1) is 10.4. The Morgan fingerprint density at radius 3 is 2.76 bits per heavy atom. The Morgan fingerprint density at radius 2 is 1.94 bits per heavy atom. The normalized spacial score (nSPS) is 10.6. The number of halogens is 1. The third-order valence-electron chi connectivity index (χ3n) is 2.50. The van der Waals surface area contributed by atoms with Crippen molar-refractivity contribution in [1.82, 2.24) is 15.2 Å². The largest absolute Gasteiger partial charge is 0.264 e. The van der Waals surface area contributed by atoms with Crippen LogP contribution in [0.15, 0.2) is 53.3 Å². The van der Waals surface area contributed by atoms with Gasteiger partial charge in [-0.2, -0.15) is 0 Å². The van der Waals surface area contributed by atoms with Gasteiger partial charge in [0.15, 0.2) is 0 Å². The highest BCUT2D eigenvalue weighted by atomic mass is 79.9. The molecule has 1 aromatic carbocycles. The maximum absolute atomic E-state index is 4.20. The van der Waals surface area contributed by atoms with Crippen molar-refractivity contribution in [3.63, 3.8) is 0 Å². The molecule has 0 spiro atoms. The maximum Gasteiger partial charge on any atom is 0.0951 e. The number of hydrogen-bond acceptors (Lipinski definition) is 3. The predicted molar refractivity (Wildman–Crippen MR) is 70.5 cm³/mol. The fraction of sp³-hybridized carbons (Fsp3) is 0. The number of nitrogens with zero attached hydrogens (tertiary/aromatic N) is 3. The summed E-state index contributed by atoms with van der Waals surface area (Å²) in [6.45, 7) is 0. The van der Waals surface area contributed by atoms with Crippen LogP contribution in [-0.4, -0.2) is 15.2 Å². The van der Waals surface area contributed by atoms with Crippen molar-refractivity contribution >= 4 is 26.8 Å². The summed E-state index contributed by atoms with van der Waals surface area (Å²) >= 11 is 3.45. The standard InChI is InChI=1S/C13H8BrN3/c14-11-3-4-12-10(6-11)7-13(17-16-12)9-2-1-5-15-8-9/h1-8H. The summed E-state index contributed by atoms with van der Waals surface area (Å²) in [7, 11) is 0. The zero-order chi connectivity index (χ0) is 11.7. The zero-order valence-corrected chi connectivity index (χ0v) is 10.4. The number of aromatic nitrogens is 3. The van der Waals surface area contributed by atoms with Gasteiger partial charge in [0.05, 0.1) is 11.2 Å². The van der Waals surface area contributed by atoms with Crippen molar-refractivity contribution in [3.05, 3.63) is 53.3 Å². The third kappa shape index (κ3) is 2.03. The Hall–Kier alpha value is -1.81. The highest BCUT2D eigenvalue weighted by Crippen LogP contribution is 2.22. The molecule has 0 N–H and O–H groups in total. The lowest BCUT2D eigenvalue weighted by Gasteiger charge is -2.01. The molecule has 0 saturated heterocycles. The molecule has 2 aromatic heterocycles. The van der Waals surface area contributed by atoms with Crippen LogP contribution in [0, 0.1) is 0 Å². The van der Waals surface area contributed by atoms with E-state index in [-0.39, 0.29) is 0 Å². The molecule has 2 heterocycles. The third-order valence-corrected chi connectivity index (χ3v) is 3.00. The van der Waals surface area contributed by atoms with E-state index < -0.39 is 0 Å². The summed E-state index contributed by atoms with van der Waals surface area (Å²) in [4.78, 5) is 4.08. The van der Waals surface area contributed by atoms with Crippen LogP contribution in [0.5, 0.6) is 0 Å². The molecule has 0 unspecified atom stereocenters. The van der Waals surface area contributed by atoms with E-state index in [2.05, 4.69) is 31.1 Å². The van der Waals surface area contributed by atoms with E-state index in [1.165, 1.54) is 0 Å². The minimum atomic E-state index is 0.837. The fourth-order valence-corrected chi connectivity index (χ4v) is 2.05. The van der Waals surface area contributed by atoms with Gasteiger partial charge in [0, 0.05) is 27.8 Å². The van der Waals surface area contributed by atoms with Gasteiger partial charge in [0.25, 0.3) is 0 Å². The Labute approximate surface area is 107 Å². The smallest absolute Gasteiger partial charge is 0.0951 e. The lowest BCUT2D eigenvalue weighted by molar-refractivity contribution is 1.08. The minimum Gasteiger partial charge on any atom is -0.264 e. The van der Waals surface area contributed by atoms with Crippen LogP contribution in [0.4, 0.5) is 0 Å². The first-order chi connectivity index (χ1) is 8.33. The van der Waals surface area contributed by atoms with Crippen molar-refractivity contribution in [2.45, 2.75) is 0 Å². The van der Waals surface area contributed by atoms with Gasteiger partial charge >= 0.3 is 0 Å². The van der Waals surface area contributed by atoms with Crippen LogP contribution in [-0.2, 0) is 0 Å². The van der Waals surface area contributed by atoms with Crippen molar-refractivity contribution in [2.75, 3.05) is 0 Å². The molecule has 0 atom stereocenters. The molecule has 0 aliphatic carbocycles. The van der Waals surface area contributed by atoms with E-state index in [9.17, 15) is 0 Å². The molecule has 0 bridgehead atoms. The Balaban J connectivity index is 2.19. The lowest BCUT2D eigenvalue weighted by atomic mass is 10.1. The van der Waals surface area contributed by atoms with Crippen LogP contribution in [0.25, 0.3) is 22.2 Å². The van der Waals surface area contributed by atoms with E-state index in [1.807, 2.05) is 36.4 Å². The van der Waals surface area contributed by atoms with Crippen LogP contribution < -0.4 is 0 Å². The van der Waals surface area contributed by atoms with Gasteiger partial charge in [-0.1, -0.05) is 15.9 Å². The van der Waals surface area contributed by atoms with Crippen LogP contribution >= 0.6 is 15.9 Å². The second kappa shape index (κ2) is 4.22. The van der Waals surface area contributed by atoms with Gasteiger partial charge in [-0.15, -0.1) is 10.2 Å². The first-order valence-corrected chi connectivity index (χ1v) is 5.95. The van der Waals surface area contributed by atoms with E-state index in [1.54, 1.807) is 12.4 Å².